The first-order chi connectivity index (χ1) is 13.8. The van der Waals surface area contributed by atoms with Crippen LogP contribution >= 0.6 is 11.6 Å². The van der Waals surface area contributed by atoms with Gasteiger partial charge in [0.05, 0.1) is 12.7 Å². The van der Waals surface area contributed by atoms with Crippen LogP contribution in [0, 0.1) is 5.92 Å². The number of hydrogen-bond acceptors (Lipinski definition) is 4. The molecule has 1 amide bonds. The third-order valence-corrected chi connectivity index (χ3v) is 4.35. The first-order valence-electron chi connectivity index (χ1n) is 10.0. The van der Waals surface area contributed by atoms with Gasteiger partial charge in [0.25, 0.3) is 0 Å². The maximum atomic E-state index is 12.0. The number of carbonyl (C=O) groups excluding carboxylic acids is 1. The van der Waals surface area contributed by atoms with Crippen molar-refractivity contribution in [3.63, 3.8) is 0 Å². The molecular weight excluding hydrogens is 388 g/mol. The average Bonchev–Trinajstić information content (AvgIpc) is 2.62. The van der Waals surface area contributed by atoms with E-state index in [1.54, 1.807) is 6.07 Å². The Bertz CT molecular complexity index is 822. The molecule has 0 heterocycles. The number of amides is 1. The minimum absolute atomic E-state index is 0.0160. The largest absolute Gasteiger partial charge is 0.490 e. The number of rotatable bonds is 10. The Labute approximate surface area is 178 Å². The molecule has 0 aromatic heterocycles. The van der Waals surface area contributed by atoms with E-state index in [0.717, 1.165) is 16.9 Å². The van der Waals surface area contributed by atoms with Crippen LogP contribution in [0.5, 0.6) is 11.5 Å². The lowest BCUT2D eigenvalue weighted by molar-refractivity contribution is -0.116. The van der Waals surface area contributed by atoms with Crippen molar-refractivity contribution in [2.24, 2.45) is 5.92 Å². The van der Waals surface area contributed by atoms with Crippen LogP contribution in [0.4, 0.5) is 11.4 Å². The standard InChI is InChI=1S/C23H31ClN2O3/c1-6-28-21-11-17(20(24)13-22(21)29-16(4)5)14-25-18-8-7-9-19(12-18)26-23(27)10-15(2)3/h7-9,11-13,15-16,25H,6,10,14H2,1-5H3,(H,26,27). The van der Waals surface area contributed by atoms with Crippen LogP contribution < -0.4 is 20.1 Å². The summed E-state index contributed by atoms with van der Waals surface area (Å²) in [6.07, 6.45) is 0.529. The van der Waals surface area contributed by atoms with Gasteiger partial charge in [-0.15, -0.1) is 0 Å². The van der Waals surface area contributed by atoms with Gasteiger partial charge < -0.3 is 20.1 Å². The van der Waals surface area contributed by atoms with Crippen molar-refractivity contribution in [3.05, 3.63) is 47.0 Å². The van der Waals surface area contributed by atoms with Gasteiger partial charge in [-0.3, -0.25) is 4.79 Å². The Morgan fingerprint density at radius 3 is 2.45 bits per heavy atom. The number of ether oxygens (including phenoxy) is 2. The van der Waals surface area contributed by atoms with E-state index < -0.39 is 0 Å². The number of nitrogens with one attached hydrogen (secondary N) is 2. The van der Waals surface area contributed by atoms with Gasteiger partial charge in [0.2, 0.25) is 5.91 Å². The van der Waals surface area contributed by atoms with Crippen molar-refractivity contribution in [2.45, 2.75) is 53.7 Å². The molecular formula is C23H31ClN2O3. The van der Waals surface area contributed by atoms with Gasteiger partial charge in [-0.1, -0.05) is 31.5 Å². The quantitative estimate of drug-likeness (QED) is 0.487. The van der Waals surface area contributed by atoms with Crippen molar-refractivity contribution in [3.8, 4) is 11.5 Å². The average molecular weight is 419 g/mol. The number of halogens is 1. The first-order valence-corrected chi connectivity index (χ1v) is 10.4. The summed E-state index contributed by atoms with van der Waals surface area (Å²) in [6.45, 7) is 11.0. The van der Waals surface area contributed by atoms with Crippen molar-refractivity contribution < 1.29 is 14.3 Å². The molecule has 2 aromatic rings. The van der Waals surface area contributed by atoms with Gasteiger partial charge in [0.1, 0.15) is 0 Å². The Balaban J connectivity index is 2.10. The van der Waals surface area contributed by atoms with E-state index in [4.69, 9.17) is 21.1 Å². The SMILES string of the molecule is CCOc1cc(CNc2cccc(NC(=O)CC(C)C)c2)c(Cl)cc1OC(C)C. The molecule has 158 valence electrons. The third kappa shape index (κ3) is 7.50. The van der Waals surface area contributed by atoms with E-state index in [2.05, 4.69) is 10.6 Å². The van der Waals surface area contributed by atoms with E-state index >= 15 is 0 Å². The van der Waals surface area contributed by atoms with Crippen LogP contribution in [-0.4, -0.2) is 18.6 Å². The monoisotopic (exact) mass is 418 g/mol. The second-order valence-electron chi connectivity index (χ2n) is 7.57. The fourth-order valence-electron chi connectivity index (χ4n) is 2.81. The molecule has 6 heteroatoms. The van der Waals surface area contributed by atoms with Crippen molar-refractivity contribution in [1.29, 1.82) is 0 Å². The molecule has 0 fully saturated rings. The minimum atomic E-state index is 0.0160. The zero-order valence-electron chi connectivity index (χ0n) is 17.8. The number of anilines is 2. The normalized spacial score (nSPS) is 10.9. The molecule has 0 aliphatic heterocycles. The van der Waals surface area contributed by atoms with Crippen molar-refractivity contribution >= 4 is 28.9 Å². The number of hydrogen-bond donors (Lipinski definition) is 2. The molecule has 29 heavy (non-hydrogen) atoms. The summed E-state index contributed by atoms with van der Waals surface area (Å²) in [5, 5.41) is 6.90. The fraction of sp³-hybridized carbons (Fsp3) is 0.435. The highest BCUT2D eigenvalue weighted by Crippen LogP contribution is 2.34. The first kappa shape index (κ1) is 22.9. The second kappa shape index (κ2) is 11.0. The van der Waals surface area contributed by atoms with E-state index in [1.807, 2.05) is 65.0 Å². The predicted molar refractivity (Wildman–Crippen MR) is 120 cm³/mol. The maximum absolute atomic E-state index is 12.0. The molecule has 5 nitrogen and oxygen atoms in total. The molecule has 0 atom stereocenters. The van der Waals surface area contributed by atoms with Gasteiger partial charge in [-0.2, -0.15) is 0 Å². The van der Waals surface area contributed by atoms with E-state index in [1.165, 1.54) is 0 Å². The number of benzene rings is 2. The van der Waals surface area contributed by atoms with Crippen LogP contribution in [0.2, 0.25) is 5.02 Å². The Hall–Kier alpha value is -2.40. The lowest BCUT2D eigenvalue weighted by Crippen LogP contribution is -2.14. The molecule has 0 saturated heterocycles. The van der Waals surface area contributed by atoms with Gasteiger partial charge in [-0.05, 0) is 56.5 Å². The summed E-state index contributed by atoms with van der Waals surface area (Å²) in [4.78, 5) is 12.0. The third-order valence-electron chi connectivity index (χ3n) is 4.00. The topological polar surface area (TPSA) is 59.6 Å². The molecule has 0 saturated carbocycles. The molecule has 0 bridgehead atoms. The molecule has 0 aliphatic carbocycles. The lowest BCUT2D eigenvalue weighted by Gasteiger charge is -2.17. The van der Waals surface area contributed by atoms with Crippen LogP contribution in [0.15, 0.2) is 36.4 Å². The molecule has 0 aliphatic rings. The fourth-order valence-corrected chi connectivity index (χ4v) is 3.03. The van der Waals surface area contributed by atoms with Crippen molar-refractivity contribution in [2.75, 3.05) is 17.2 Å². The second-order valence-corrected chi connectivity index (χ2v) is 7.98. The van der Waals surface area contributed by atoms with Gasteiger partial charge in [-0.25, -0.2) is 0 Å². The summed E-state index contributed by atoms with van der Waals surface area (Å²) >= 11 is 6.47. The summed E-state index contributed by atoms with van der Waals surface area (Å²) < 4.78 is 11.5. The molecule has 0 unspecified atom stereocenters. The predicted octanol–water partition coefficient (Wildman–Crippen LogP) is 6.12. The van der Waals surface area contributed by atoms with E-state index in [0.29, 0.717) is 42.0 Å². The maximum Gasteiger partial charge on any atom is 0.224 e. The van der Waals surface area contributed by atoms with Crippen LogP contribution in [-0.2, 0) is 11.3 Å². The Kier molecular flexibility index (Phi) is 8.65. The summed E-state index contributed by atoms with van der Waals surface area (Å²) in [6, 6.07) is 11.3. The summed E-state index contributed by atoms with van der Waals surface area (Å²) in [5.74, 6) is 1.66. The summed E-state index contributed by atoms with van der Waals surface area (Å²) in [5.41, 5.74) is 2.56. The minimum Gasteiger partial charge on any atom is -0.490 e. The number of carbonyl (C=O) groups is 1. The lowest BCUT2D eigenvalue weighted by atomic mass is 10.1. The highest BCUT2D eigenvalue weighted by atomic mass is 35.5. The molecule has 2 rings (SSSR count). The Morgan fingerprint density at radius 2 is 1.79 bits per heavy atom. The zero-order valence-corrected chi connectivity index (χ0v) is 18.6. The van der Waals surface area contributed by atoms with Crippen LogP contribution in [0.1, 0.15) is 46.6 Å². The van der Waals surface area contributed by atoms with Crippen LogP contribution in [0.25, 0.3) is 0 Å². The molecule has 2 aromatic carbocycles. The van der Waals surface area contributed by atoms with Crippen molar-refractivity contribution in [1.82, 2.24) is 0 Å². The molecule has 2 N–H and O–H groups in total. The van der Waals surface area contributed by atoms with Gasteiger partial charge >= 0.3 is 0 Å². The smallest absolute Gasteiger partial charge is 0.224 e. The van der Waals surface area contributed by atoms with Gasteiger partial charge in [0, 0.05) is 35.4 Å². The van der Waals surface area contributed by atoms with Crippen LogP contribution in [0.3, 0.4) is 0 Å². The Morgan fingerprint density at radius 1 is 1.07 bits per heavy atom. The highest BCUT2D eigenvalue weighted by molar-refractivity contribution is 6.31. The van der Waals surface area contributed by atoms with E-state index in [-0.39, 0.29) is 12.0 Å². The van der Waals surface area contributed by atoms with Gasteiger partial charge in [0.15, 0.2) is 11.5 Å². The molecule has 0 spiro atoms. The molecule has 0 radical (unpaired) electrons. The highest BCUT2D eigenvalue weighted by Gasteiger charge is 2.13. The zero-order chi connectivity index (χ0) is 21.4. The van der Waals surface area contributed by atoms with E-state index in [9.17, 15) is 4.79 Å². The summed E-state index contributed by atoms with van der Waals surface area (Å²) in [7, 11) is 0.